The Balaban J connectivity index is 1.55. The maximum atomic E-state index is 13.6. The van der Waals surface area contributed by atoms with E-state index in [1.807, 2.05) is 48.7 Å². The van der Waals surface area contributed by atoms with E-state index < -0.39 is 0 Å². The lowest BCUT2D eigenvalue weighted by molar-refractivity contribution is 0.0944. The van der Waals surface area contributed by atoms with Crippen molar-refractivity contribution in [2.75, 3.05) is 0 Å². The molecule has 0 spiro atoms. The number of hydrogen-bond donors (Lipinski definition) is 1. The molecule has 0 amide bonds. The molecule has 160 valence electrons. The molecule has 0 aromatic heterocycles. The van der Waals surface area contributed by atoms with Gasteiger partial charge < -0.3 is 5.32 Å². The Morgan fingerprint density at radius 3 is 2.58 bits per heavy atom. The lowest BCUT2D eigenvalue weighted by Gasteiger charge is -2.30. The second kappa shape index (κ2) is 8.22. The Kier molecular flexibility index (Phi) is 4.92. The molecule has 3 aromatic carbocycles. The minimum absolute atomic E-state index is 0.130. The van der Waals surface area contributed by atoms with Gasteiger partial charge in [0.15, 0.2) is 5.78 Å². The lowest BCUT2D eigenvalue weighted by atomic mass is 9.75. The predicted octanol–water partition coefficient (Wildman–Crippen LogP) is 5.01. The highest BCUT2D eigenvalue weighted by Crippen LogP contribution is 2.35. The Morgan fingerprint density at radius 1 is 0.818 bits per heavy atom. The van der Waals surface area contributed by atoms with Gasteiger partial charge in [0, 0.05) is 29.3 Å². The normalized spacial score (nSPS) is 20.1. The van der Waals surface area contributed by atoms with Crippen LogP contribution in [0.2, 0.25) is 0 Å². The molecule has 0 bridgehead atoms. The average molecular weight is 428 g/mol. The molecule has 3 aromatic rings. The highest BCUT2D eigenvalue weighted by molar-refractivity contribution is 6.01. The molecule has 1 N–H and O–H groups in total. The molecule has 33 heavy (non-hydrogen) atoms. The molecule has 2 unspecified atom stereocenters. The number of carbonyl (C=O) groups is 1. The zero-order chi connectivity index (χ0) is 22.2. The van der Waals surface area contributed by atoms with Gasteiger partial charge in [0.05, 0.1) is 0 Å². The molecule has 6 rings (SSSR count). The van der Waals surface area contributed by atoms with E-state index in [1.54, 1.807) is 0 Å². The van der Waals surface area contributed by atoms with E-state index in [0.717, 1.165) is 24.1 Å². The summed E-state index contributed by atoms with van der Waals surface area (Å²) in [5.41, 5.74) is 7.14. The first-order valence-electron chi connectivity index (χ1n) is 11.6. The predicted molar refractivity (Wildman–Crippen MR) is 135 cm³/mol. The average Bonchev–Trinajstić information content (AvgIpc) is 3.17. The topological polar surface area (TPSA) is 29.1 Å². The van der Waals surface area contributed by atoms with E-state index in [2.05, 4.69) is 66.0 Å². The molecule has 2 aliphatic carbocycles. The third-order valence-electron chi connectivity index (χ3n) is 7.00. The standard InChI is InChI=1S/C31H25NO/c33-31(22-10-3-1-4-11-22)23-19-28-26-15-14-21-9-6-7-12-24(21)25(26)16-17-27(28)29(20-23)30-13-5-2-8-18-32-30/h1-13,15-19,23,29,32H,14,20H2. The molecular weight excluding hydrogens is 402 g/mol. The van der Waals surface area contributed by atoms with Crippen LogP contribution >= 0.6 is 0 Å². The van der Waals surface area contributed by atoms with Crippen molar-refractivity contribution in [1.82, 2.24) is 5.32 Å². The first-order valence-corrected chi connectivity index (χ1v) is 11.6. The van der Waals surface area contributed by atoms with Crippen molar-refractivity contribution < 1.29 is 4.79 Å². The fourth-order valence-electron chi connectivity index (χ4n) is 5.40. The van der Waals surface area contributed by atoms with Crippen molar-refractivity contribution in [3.05, 3.63) is 130 Å². The van der Waals surface area contributed by atoms with E-state index >= 15 is 0 Å². The van der Waals surface area contributed by atoms with Gasteiger partial charge in [0.2, 0.25) is 0 Å². The van der Waals surface area contributed by atoms with Gasteiger partial charge >= 0.3 is 0 Å². The van der Waals surface area contributed by atoms with Crippen LogP contribution in [0.15, 0.2) is 103 Å². The summed E-state index contributed by atoms with van der Waals surface area (Å²) < 4.78 is 0. The van der Waals surface area contributed by atoms with Gasteiger partial charge in [-0.3, -0.25) is 4.79 Å². The fourth-order valence-corrected chi connectivity index (χ4v) is 5.40. The van der Waals surface area contributed by atoms with Crippen LogP contribution in [-0.4, -0.2) is 5.78 Å². The van der Waals surface area contributed by atoms with E-state index in [0.29, 0.717) is 0 Å². The molecule has 2 atom stereocenters. The minimum atomic E-state index is -0.166. The van der Waals surface area contributed by atoms with E-state index in [9.17, 15) is 4.79 Å². The summed E-state index contributed by atoms with van der Waals surface area (Å²) in [6.07, 6.45) is 16.5. The van der Waals surface area contributed by atoms with Crippen molar-refractivity contribution in [2.24, 2.45) is 5.92 Å². The first-order chi connectivity index (χ1) is 16.3. The number of fused-ring (bicyclic) bond motifs is 5. The van der Waals surface area contributed by atoms with Crippen LogP contribution in [0.5, 0.6) is 0 Å². The van der Waals surface area contributed by atoms with Gasteiger partial charge in [0.25, 0.3) is 0 Å². The Bertz CT molecular complexity index is 1460. The van der Waals surface area contributed by atoms with Crippen LogP contribution < -0.4 is 15.8 Å². The number of nitrogens with one attached hydrogen (secondary N) is 1. The van der Waals surface area contributed by atoms with Crippen molar-refractivity contribution in [3.8, 4) is 11.1 Å². The number of benzene rings is 3. The smallest absolute Gasteiger partial charge is 0.169 e. The van der Waals surface area contributed by atoms with Crippen molar-refractivity contribution in [1.29, 1.82) is 0 Å². The number of ketones is 1. The van der Waals surface area contributed by atoms with Gasteiger partial charge in [-0.1, -0.05) is 91.0 Å². The number of carbonyl (C=O) groups excluding carboxylic acids is 1. The van der Waals surface area contributed by atoms with Gasteiger partial charge in [-0.05, 0) is 57.7 Å². The molecule has 1 heterocycles. The van der Waals surface area contributed by atoms with Crippen molar-refractivity contribution >= 4 is 17.9 Å². The summed E-state index contributed by atoms with van der Waals surface area (Å²) in [5.74, 6) is 0.159. The Labute approximate surface area is 194 Å². The monoisotopic (exact) mass is 427 g/mol. The zero-order valence-corrected chi connectivity index (χ0v) is 18.4. The first kappa shape index (κ1) is 19.8. The fraction of sp³-hybridized carbons (Fsp3) is 0.129. The summed E-state index contributed by atoms with van der Waals surface area (Å²) in [6, 6.07) is 22.9. The molecule has 3 aliphatic rings. The second-order valence-electron chi connectivity index (χ2n) is 8.90. The van der Waals surface area contributed by atoms with E-state index in [1.165, 1.54) is 32.7 Å². The van der Waals surface area contributed by atoms with Crippen molar-refractivity contribution in [2.45, 2.75) is 18.8 Å². The molecule has 0 saturated carbocycles. The molecule has 0 saturated heterocycles. The Hall–Kier alpha value is -3.91. The SMILES string of the molecule is O=C(c1ccccc1)C1C=c2c(ccc3c2=CCc2ccccc2-3)C(C2=CC=CC=CN2)C1. The number of allylic oxidation sites excluding steroid dienone is 5. The van der Waals surface area contributed by atoms with Crippen LogP contribution in [0.25, 0.3) is 23.3 Å². The van der Waals surface area contributed by atoms with Crippen LogP contribution in [0.4, 0.5) is 0 Å². The zero-order valence-electron chi connectivity index (χ0n) is 18.4. The summed E-state index contributed by atoms with van der Waals surface area (Å²) >= 11 is 0. The van der Waals surface area contributed by atoms with Crippen LogP contribution in [-0.2, 0) is 6.42 Å². The number of rotatable bonds is 3. The van der Waals surface area contributed by atoms with Crippen molar-refractivity contribution in [3.63, 3.8) is 0 Å². The van der Waals surface area contributed by atoms with Crippen LogP contribution in [0.1, 0.15) is 33.8 Å². The third-order valence-corrected chi connectivity index (χ3v) is 7.00. The summed E-state index contributed by atoms with van der Waals surface area (Å²) in [4.78, 5) is 13.6. The van der Waals surface area contributed by atoms with Gasteiger partial charge in [-0.15, -0.1) is 0 Å². The molecule has 2 nitrogen and oxygen atoms in total. The number of hydrogen-bond acceptors (Lipinski definition) is 2. The minimum Gasteiger partial charge on any atom is -0.364 e. The summed E-state index contributed by atoms with van der Waals surface area (Å²) in [6.45, 7) is 0. The lowest BCUT2D eigenvalue weighted by Crippen LogP contribution is -2.39. The largest absolute Gasteiger partial charge is 0.364 e. The highest BCUT2D eigenvalue weighted by Gasteiger charge is 2.31. The second-order valence-corrected chi connectivity index (χ2v) is 8.90. The summed E-state index contributed by atoms with van der Waals surface area (Å²) in [7, 11) is 0. The van der Waals surface area contributed by atoms with Gasteiger partial charge in [-0.2, -0.15) is 0 Å². The van der Waals surface area contributed by atoms with Gasteiger partial charge in [0.1, 0.15) is 0 Å². The van der Waals surface area contributed by atoms with E-state index in [-0.39, 0.29) is 17.6 Å². The van der Waals surface area contributed by atoms with Crippen LogP contribution in [0.3, 0.4) is 0 Å². The molecule has 0 fully saturated rings. The number of Topliss-reactive ketones (excluding diaryl/α,β-unsaturated/α-hetero) is 1. The molecule has 1 aliphatic heterocycles. The quantitative estimate of drug-likeness (QED) is 0.595. The van der Waals surface area contributed by atoms with Crippen LogP contribution in [0, 0.1) is 5.92 Å². The molecule has 2 heteroatoms. The van der Waals surface area contributed by atoms with E-state index in [4.69, 9.17) is 0 Å². The molecular formula is C31H25NO. The maximum absolute atomic E-state index is 13.6. The maximum Gasteiger partial charge on any atom is 0.169 e. The Morgan fingerprint density at radius 2 is 1.67 bits per heavy atom. The van der Waals surface area contributed by atoms with Gasteiger partial charge in [-0.25, -0.2) is 0 Å². The highest BCUT2D eigenvalue weighted by atomic mass is 16.1. The third kappa shape index (κ3) is 3.48. The molecule has 0 radical (unpaired) electrons. The summed E-state index contributed by atoms with van der Waals surface area (Å²) in [5, 5.41) is 5.95.